The molecule has 0 saturated heterocycles. The van der Waals surface area contributed by atoms with E-state index < -0.39 is 24.8 Å². The zero-order chi connectivity index (χ0) is 13.9. The molecule has 0 aliphatic rings. The lowest BCUT2D eigenvalue weighted by atomic mass is 10.2. The lowest BCUT2D eigenvalue weighted by Gasteiger charge is -2.15. The van der Waals surface area contributed by atoms with Crippen molar-refractivity contribution in [3.8, 4) is 0 Å². The second-order valence-corrected chi connectivity index (χ2v) is 3.95. The van der Waals surface area contributed by atoms with E-state index in [9.17, 15) is 22.4 Å². The number of alkyl halides is 4. The number of aromatic nitrogens is 1. The number of hydrogen-bond donors (Lipinski definition) is 1. The molecule has 0 atom stereocenters. The number of nitrogens with zero attached hydrogens (tertiary/aromatic N) is 1. The van der Waals surface area contributed by atoms with Gasteiger partial charge in [0.05, 0.1) is 6.54 Å². The molecule has 1 rings (SSSR count). The van der Waals surface area contributed by atoms with Crippen LogP contribution < -0.4 is 5.32 Å². The van der Waals surface area contributed by atoms with Gasteiger partial charge in [0, 0.05) is 11.3 Å². The molecule has 0 aromatic carbocycles. The average Bonchev–Trinajstić information content (AvgIpc) is 2.24. The fraction of sp³-hybridized carbons (Fsp3) is 0.400. The molecule has 0 saturated carbocycles. The average molecular weight is 285 g/mol. The molecule has 1 aromatic rings. The molecule has 1 amide bonds. The molecule has 0 unspecified atom stereocenters. The van der Waals surface area contributed by atoms with Gasteiger partial charge in [0.1, 0.15) is 5.15 Å². The second-order valence-electron chi connectivity index (χ2n) is 3.56. The first kappa shape index (κ1) is 14.7. The van der Waals surface area contributed by atoms with Crippen LogP contribution in [0.25, 0.3) is 0 Å². The zero-order valence-corrected chi connectivity index (χ0v) is 9.94. The van der Waals surface area contributed by atoms with Crippen molar-refractivity contribution >= 4 is 17.5 Å². The summed E-state index contributed by atoms with van der Waals surface area (Å²) in [7, 11) is 0. The van der Waals surface area contributed by atoms with Crippen LogP contribution in [0.2, 0.25) is 5.15 Å². The van der Waals surface area contributed by atoms with E-state index in [0.717, 1.165) is 6.07 Å². The molecule has 18 heavy (non-hydrogen) atoms. The Labute approximate surface area is 105 Å². The summed E-state index contributed by atoms with van der Waals surface area (Å²) in [6, 6.07) is 2.46. The highest BCUT2D eigenvalue weighted by atomic mass is 35.5. The van der Waals surface area contributed by atoms with Crippen molar-refractivity contribution in [2.45, 2.75) is 19.3 Å². The van der Waals surface area contributed by atoms with E-state index in [2.05, 4.69) is 4.98 Å². The maximum absolute atomic E-state index is 12.6. The third kappa shape index (κ3) is 3.83. The van der Waals surface area contributed by atoms with Gasteiger partial charge in [-0.15, -0.1) is 0 Å². The van der Waals surface area contributed by atoms with Crippen LogP contribution >= 0.6 is 11.6 Å². The van der Waals surface area contributed by atoms with Crippen LogP contribution in [0.4, 0.5) is 17.6 Å². The molecular formula is C10H9ClF4N2O. The Bertz CT molecular complexity index is 433. The molecular weight excluding hydrogens is 276 g/mol. The number of nitrogens with one attached hydrogen (secondary N) is 1. The van der Waals surface area contributed by atoms with Gasteiger partial charge in [-0.1, -0.05) is 11.6 Å². The van der Waals surface area contributed by atoms with E-state index in [1.165, 1.54) is 6.07 Å². The van der Waals surface area contributed by atoms with E-state index in [-0.39, 0.29) is 10.7 Å². The van der Waals surface area contributed by atoms with Crippen molar-refractivity contribution in [1.82, 2.24) is 10.3 Å². The smallest absolute Gasteiger partial charge is 0.324 e. The van der Waals surface area contributed by atoms with Crippen LogP contribution in [-0.4, -0.2) is 29.8 Å². The second kappa shape index (κ2) is 5.51. The highest BCUT2D eigenvalue weighted by Gasteiger charge is 2.40. The standard InChI is InChI=1S/C10H9ClF4N2O/c1-5-2-6(3-7(11)17-5)8(18)16-4-10(14,15)9(12)13/h2-3,9H,4H2,1H3,(H,16,18). The summed E-state index contributed by atoms with van der Waals surface area (Å²) >= 11 is 5.58. The number of rotatable bonds is 4. The van der Waals surface area contributed by atoms with Crippen molar-refractivity contribution in [1.29, 1.82) is 0 Å². The number of aryl methyl sites for hydroxylation is 1. The number of carbonyl (C=O) groups is 1. The van der Waals surface area contributed by atoms with Gasteiger partial charge >= 0.3 is 12.3 Å². The molecule has 0 aliphatic carbocycles. The van der Waals surface area contributed by atoms with Crippen LogP contribution in [0.5, 0.6) is 0 Å². The minimum Gasteiger partial charge on any atom is -0.346 e. The van der Waals surface area contributed by atoms with Crippen LogP contribution in [0, 0.1) is 6.92 Å². The van der Waals surface area contributed by atoms with Crippen molar-refractivity contribution in [3.05, 3.63) is 28.5 Å². The largest absolute Gasteiger partial charge is 0.346 e. The Kier molecular flexibility index (Phi) is 4.50. The Hall–Kier alpha value is -1.37. The highest BCUT2D eigenvalue weighted by molar-refractivity contribution is 6.29. The van der Waals surface area contributed by atoms with E-state index in [4.69, 9.17) is 11.6 Å². The van der Waals surface area contributed by atoms with Crippen molar-refractivity contribution in [2.75, 3.05) is 6.54 Å². The molecule has 3 nitrogen and oxygen atoms in total. The van der Waals surface area contributed by atoms with Gasteiger partial charge < -0.3 is 5.32 Å². The lowest BCUT2D eigenvalue weighted by molar-refractivity contribution is -0.123. The molecule has 1 aromatic heterocycles. The van der Waals surface area contributed by atoms with Gasteiger partial charge in [-0.3, -0.25) is 4.79 Å². The summed E-state index contributed by atoms with van der Waals surface area (Å²) in [5, 5.41) is 1.73. The first-order chi connectivity index (χ1) is 8.22. The molecule has 0 radical (unpaired) electrons. The number of carbonyl (C=O) groups excluding carboxylic acids is 1. The monoisotopic (exact) mass is 284 g/mol. The zero-order valence-electron chi connectivity index (χ0n) is 9.18. The Morgan fingerprint density at radius 1 is 1.50 bits per heavy atom. The molecule has 0 bridgehead atoms. The normalized spacial score (nSPS) is 11.7. The van der Waals surface area contributed by atoms with Gasteiger partial charge in [0.25, 0.3) is 5.91 Å². The number of pyridine rings is 1. The molecule has 0 aliphatic heterocycles. The fourth-order valence-corrected chi connectivity index (χ4v) is 1.39. The third-order valence-corrected chi connectivity index (χ3v) is 2.18. The molecule has 100 valence electrons. The Balaban J connectivity index is 2.72. The van der Waals surface area contributed by atoms with E-state index in [1.54, 1.807) is 12.2 Å². The van der Waals surface area contributed by atoms with Crippen molar-refractivity contribution in [2.24, 2.45) is 0 Å². The summed E-state index contributed by atoms with van der Waals surface area (Å²) in [5.74, 6) is -5.18. The maximum Gasteiger partial charge on any atom is 0.324 e. The van der Waals surface area contributed by atoms with Gasteiger partial charge in [0.15, 0.2) is 0 Å². The van der Waals surface area contributed by atoms with E-state index in [1.807, 2.05) is 0 Å². The maximum atomic E-state index is 12.6. The van der Waals surface area contributed by atoms with Crippen molar-refractivity contribution < 1.29 is 22.4 Å². The Morgan fingerprint density at radius 2 is 2.11 bits per heavy atom. The molecule has 8 heteroatoms. The summed E-state index contributed by atoms with van der Waals surface area (Å²) in [6.45, 7) is 0.110. The molecule has 1 heterocycles. The van der Waals surface area contributed by atoms with E-state index >= 15 is 0 Å². The summed E-state index contributed by atoms with van der Waals surface area (Å²) in [5.41, 5.74) is 0.394. The summed E-state index contributed by atoms with van der Waals surface area (Å²) < 4.78 is 48.9. The predicted octanol–water partition coefficient (Wildman–Crippen LogP) is 2.67. The van der Waals surface area contributed by atoms with Crippen LogP contribution in [0.3, 0.4) is 0 Å². The third-order valence-electron chi connectivity index (χ3n) is 1.99. The number of hydrogen-bond acceptors (Lipinski definition) is 2. The first-order valence-corrected chi connectivity index (χ1v) is 5.18. The van der Waals surface area contributed by atoms with Gasteiger partial charge in [-0.2, -0.15) is 8.78 Å². The van der Waals surface area contributed by atoms with Crippen molar-refractivity contribution in [3.63, 3.8) is 0 Å². The molecule has 0 spiro atoms. The van der Waals surface area contributed by atoms with Gasteiger partial charge in [-0.25, -0.2) is 13.8 Å². The van der Waals surface area contributed by atoms with Crippen LogP contribution in [0.1, 0.15) is 16.1 Å². The topological polar surface area (TPSA) is 42.0 Å². The quantitative estimate of drug-likeness (QED) is 0.682. The number of amides is 1. The number of halogens is 5. The molecule has 1 N–H and O–H groups in total. The molecule has 0 fully saturated rings. The SMILES string of the molecule is Cc1cc(C(=O)NCC(F)(F)C(F)F)cc(Cl)n1. The van der Waals surface area contributed by atoms with Crippen LogP contribution in [0.15, 0.2) is 12.1 Å². The fourth-order valence-electron chi connectivity index (χ4n) is 1.14. The van der Waals surface area contributed by atoms with E-state index in [0.29, 0.717) is 5.69 Å². The summed E-state index contributed by atoms with van der Waals surface area (Å²) in [6.07, 6.45) is -3.83. The van der Waals surface area contributed by atoms with Crippen LogP contribution in [-0.2, 0) is 0 Å². The van der Waals surface area contributed by atoms with Gasteiger partial charge in [-0.05, 0) is 19.1 Å². The lowest BCUT2D eigenvalue weighted by Crippen LogP contribution is -2.41. The predicted molar refractivity (Wildman–Crippen MR) is 57.3 cm³/mol. The van der Waals surface area contributed by atoms with Gasteiger partial charge in [0.2, 0.25) is 0 Å². The minimum absolute atomic E-state index is 0.0146. The minimum atomic E-state index is -4.26. The highest BCUT2D eigenvalue weighted by Crippen LogP contribution is 2.21. The Morgan fingerprint density at radius 3 is 2.61 bits per heavy atom. The summed E-state index contributed by atoms with van der Waals surface area (Å²) in [4.78, 5) is 15.2. The first-order valence-electron chi connectivity index (χ1n) is 4.81.